The van der Waals surface area contributed by atoms with E-state index >= 15 is 0 Å². The first-order chi connectivity index (χ1) is 11.3. The van der Waals surface area contributed by atoms with Gasteiger partial charge in [-0.3, -0.25) is 10.4 Å². The number of nitrogens with one attached hydrogen (secondary N) is 3. The number of carbonyl (C=O) groups is 1. The second-order valence-corrected chi connectivity index (χ2v) is 6.41. The lowest BCUT2D eigenvalue weighted by atomic mass is 9.92. The van der Waals surface area contributed by atoms with Gasteiger partial charge in [0.1, 0.15) is 0 Å². The summed E-state index contributed by atoms with van der Waals surface area (Å²) in [5, 5.41) is 12.5. The fourth-order valence-corrected chi connectivity index (χ4v) is 2.10. The van der Waals surface area contributed by atoms with E-state index < -0.39 is 0 Å². The van der Waals surface area contributed by atoms with Crippen molar-refractivity contribution < 1.29 is 14.3 Å². The van der Waals surface area contributed by atoms with Crippen LogP contribution in [0.25, 0.3) is 0 Å². The number of rotatable bonds is 5. The van der Waals surface area contributed by atoms with E-state index in [1.165, 1.54) is 0 Å². The number of carbonyl (C=O) groups excluding carboxylic acids is 1. The Morgan fingerprint density at radius 2 is 1.88 bits per heavy atom. The lowest BCUT2D eigenvalue weighted by Gasteiger charge is -2.14. The summed E-state index contributed by atoms with van der Waals surface area (Å²) in [5.74, 6) is 1.76. The number of urea groups is 1. The maximum atomic E-state index is 12.0. The Bertz CT molecular complexity index is 704. The lowest BCUT2D eigenvalue weighted by Crippen LogP contribution is -2.28. The van der Waals surface area contributed by atoms with Gasteiger partial charge in [-0.25, -0.2) is 4.79 Å². The van der Waals surface area contributed by atoms with Gasteiger partial charge >= 0.3 is 6.03 Å². The summed E-state index contributed by atoms with van der Waals surface area (Å²) in [7, 11) is 3.16. The van der Waals surface area contributed by atoms with Gasteiger partial charge in [-0.1, -0.05) is 26.8 Å². The second kappa shape index (κ2) is 7.25. The molecule has 0 unspecified atom stereocenters. The second-order valence-electron chi connectivity index (χ2n) is 6.41. The molecule has 3 N–H and O–H groups in total. The van der Waals surface area contributed by atoms with E-state index in [9.17, 15) is 4.79 Å². The zero-order valence-electron chi connectivity index (χ0n) is 14.7. The fourth-order valence-electron chi connectivity index (χ4n) is 2.10. The van der Waals surface area contributed by atoms with Gasteiger partial charge in [-0.05, 0) is 17.7 Å². The summed E-state index contributed by atoms with van der Waals surface area (Å²) in [4.78, 5) is 12.0. The van der Waals surface area contributed by atoms with E-state index in [0.29, 0.717) is 23.9 Å². The van der Waals surface area contributed by atoms with Crippen LogP contribution in [0.2, 0.25) is 0 Å². The van der Waals surface area contributed by atoms with Crippen LogP contribution in [0.1, 0.15) is 32.0 Å². The van der Waals surface area contributed by atoms with E-state index in [0.717, 1.165) is 11.3 Å². The summed E-state index contributed by atoms with van der Waals surface area (Å²) in [6.07, 6.45) is 0. The van der Waals surface area contributed by atoms with Gasteiger partial charge in [0.2, 0.25) is 0 Å². The van der Waals surface area contributed by atoms with Crippen molar-refractivity contribution in [2.75, 3.05) is 19.5 Å². The van der Waals surface area contributed by atoms with Crippen molar-refractivity contribution in [2.24, 2.45) is 0 Å². The number of anilines is 1. The largest absolute Gasteiger partial charge is 0.493 e. The van der Waals surface area contributed by atoms with Crippen LogP contribution < -0.4 is 20.1 Å². The number of amides is 2. The molecule has 0 saturated heterocycles. The number of H-pyrrole nitrogens is 1. The predicted molar refractivity (Wildman–Crippen MR) is 92.7 cm³/mol. The molecular weight excluding hydrogens is 308 g/mol. The third-order valence-electron chi connectivity index (χ3n) is 3.53. The molecule has 0 atom stereocenters. The van der Waals surface area contributed by atoms with Crippen LogP contribution in [0.5, 0.6) is 11.5 Å². The first-order valence-corrected chi connectivity index (χ1v) is 7.65. The van der Waals surface area contributed by atoms with E-state index in [-0.39, 0.29) is 11.4 Å². The molecule has 130 valence electrons. The molecule has 0 aliphatic carbocycles. The number of hydrogen-bond donors (Lipinski definition) is 3. The average molecular weight is 332 g/mol. The van der Waals surface area contributed by atoms with Crippen molar-refractivity contribution in [1.82, 2.24) is 15.5 Å². The van der Waals surface area contributed by atoms with Crippen LogP contribution in [0.15, 0.2) is 24.3 Å². The third-order valence-corrected chi connectivity index (χ3v) is 3.53. The minimum Gasteiger partial charge on any atom is -0.493 e. The number of aromatic amines is 1. The maximum absolute atomic E-state index is 12.0. The summed E-state index contributed by atoms with van der Waals surface area (Å²) < 4.78 is 10.4. The van der Waals surface area contributed by atoms with Crippen LogP contribution in [0.4, 0.5) is 10.6 Å². The maximum Gasteiger partial charge on any atom is 0.320 e. The molecule has 7 heteroatoms. The summed E-state index contributed by atoms with van der Waals surface area (Å²) >= 11 is 0. The van der Waals surface area contributed by atoms with Crippen molar-refractivity contribution in [3.8, 4) is 11.5 Å². The molecule has 24 heavy (non-hydrogen) atoms. The molecule has 1 aromatic heterocycles. The molecule has 2 aromatic rings. The molecular formula is C17H24N4O3. The zero-order valence-corrected chi connectivity index (χ0v) is 14.7. The van der Waals surface area contributed by atoms with Gasteiger partial charge in [-0.15, -0.1) is 0 Å². The summed E-state index contributed by atoms with van der Waals surface area (Å²) in [6, 6.07) is 7.00. The van der Waals surface area contributed by atoms with Gasteiger partial charge in [0.05, 0.1) is 14.2 Å². The monoisotopic (exact) mass is 332 g/mol. The number of hydrogen-bond acceptors (Lipinski definition) is 4. The van der Waals surface area contributed by atoms with E-state index in [1.807, 2.05) is 18.2 Å². The SMILES string of the molecule is COc1ccc(CNC(=O)Nc2cc(C(C)(C)C)[nH]n2)cc1OC. The Hall–Kier alpha value is -2.70. The van der Waals surface area contributed by atoms with Crippen molar-refractivity contribution in [3.05, 3.63) is 35.5 Å². The number of benzene rings is 1. The van der Waals surface area contributed by atoms with E-state index in [4.69, 9.17) is 9.47 Å². The Morgan fingerprint density at radius 3 is 2.46 bits per heavy atom. The number of nitrogens with zero attached hydrogens (tertiary/aromatic N) is 1. The van der Waals surface area contributed by atoms with Crippen molar-refractivity contribution in [2.45, 2.75) is 32.7 Å². The molecule has 0 spiro atoms. The Morgan fingerprint density at radius 1 is 1.17 bits per heavy atom. The normalized spacial score (nSPS) is 11.0. The van der Waals surface area contributed by atoms with Gasteiger partial charge in [0.25, 0.3) is 0 Å². The number of aromatic nitrogens is 2. The Labute approximate surface area is 141 Å². The van der Waals surface area contributed by atoms with Gasteiger partial charge in [-0.2, -0.15) is 5.10 Å². The highest BCUT2D eigenvalue weighted by molar-refractivity contribution is 5.88. The van der Waals surface area contributed by atoms with Crippen molar-refractivity contribution in [1.29, 1.82) is 0 Å². The van der Waals surface area contributed by atoms with Crippen LogP contribution in [0, 0.1) is 0 Å². The zero-order chi connectivity index (χ0) is 17.7. The van der Waals surface area contributed by atoms with E-state index in [1.54, 1.807) is 20.3 Å². The van der Waals surface area contributed by atoms with Gasteiger partial charge in [0, 0.05) is 23.7 Å². The van der Waals surface area contributed by atoms with Crippen LogP contribution in [0.3, 0.4) is 0 Å². The summed E-state index contributed by atoms with van der Waals surface area (Å²) in [5.41, 5.74) is 1.81. The number of methoxy groups -OCH3 is 2. The molecule has 0 saturated carbocycles. The van der Waals surface area contributed by atoms with Gasteiger partial charge < -0.3 is 14.8 Å². The molecule has 7 nitrogen and oxygen atoms in total. The first-order valence-electron chi connectivity index (χ1n) is 7.65. The highest BCUT2D eigenvalue weighted by Crippen LogP contribution is 2.27. The molecule has 1 heterocycles. The number of ether oxygens (including phenoxy) is 2. The third kappa shape index (κ3) is 4.41. The van der Waals surface area contributed by atoms with Crippen molar-refractivity contribution >= 4 is 11.8 Å². The highest BCUT2D eigenvalue weighted by atomic mass is 16.5. The van der Waals surface area contributed by atoms with Crippen LogP contribution in [-0.4, -0.2) is 30.4 Å². The van der Waals surface area contributed by atoms with Gasteiger partial charge in [0.15, 0.2) is 17.3 Å². The highest BCUT2D eigenvalue weighted by Gasteiger charge is 2.17. The average Bonchev–Trinajstić information content (AvgIpc) is 3.01. The molecule has 0 fully saturated rings. The predicted octanol–water partition coefficient (Wildman–Crippen LogP) is 3.05. The van der Waals surface area contributed by atoms with Crippen LogP contribution >= 0.6 is 0 Å². The molecule has 0 aliphatic rings. The minimum absolute atomic E-state index is 0.0525. The molecule has 0 bridgehead atoms. The van der Waals surface area contributed by atoms with E-state index in [2.05, 4.69) is 41.6 Å². The van der Waals surface area contributed by atoms with Crippen molar-refractivity contribution in [3.63, 3.8) is 0 Å². The topological polar surface area (TPSA) is 88.3 Å². The molecule has 2 rings (SSSR count). The molecule has 0 radical (unpaired) electrons. The standard InChI is InChI=1S/C17H24N4O3/c1-17(2,3)14-9-15(21-20-14)19-16(22)18-10-11-6-7-12(23-4)13(8-11)24-5/h6-9H,10H2,1-5H3,(H3,18,19,20,21,22). The minimum atomic E-state index is -0.322. The Balaban J connectivity index is 1.92. The summed E-state index contributed by atoms with van der Waals surface area (Å²) in [6.45, 7) is 6.58. The molecule has 1 aromatic carbocycles. The van der Waals surface area contributed by atoms with Crippen LogP contribution in [-0.2, 0) is 12.0 Å². The first kappa shape index (κ1) is 17.7. The quantitative estimate of drug-likeness (QED) is 0.785. The molecule has 2 amide bonds. The Kier molecular flexibility index (Phi) is 5.33. The lowest BCUT2D eigenvalue weighted by molar-refractivity contribution is 0.251. The molecule has 0 aliphatic heterocycles. The smallest absolute Gasteiger partial charge is 0.320 e. The fraction of sp³-hybridized carbons (Fsp3) is 0.412.